The number of fused-ring (bicyclic) bond motifs is 4. The van der Waals surface area contributed by atoms with Gasteiger partial charge in [-0.2, -0.15) is 8.78 Å². The summed E-state index contributed by atoms with van der Waals surface area (Å²) in [4.78, 5) is 5.59. The molecule has 0 spiro atoms. The Balaban J connectivity index is 1.22. The van der Waals surface area contributed by atoms with Gasteiger partial charge in [-0.3, -0.25) is 0 Å². The van der Waals surface area contributed by atoms with E-state index in [0.717, 1.165) is 37.0 Å². The third-order valence-electron chi connectivity index (χ3n) is 11.3. The summed E-state index contributed by atoms with van der Waals surface area (Å²) in [5.74, 6) is -1.22. The van der Waals surface area contributed by atoms with E-state index >= 15 is 8.78 Å². The molecule has 6 rings (SSSR count). The Morgan fingerprint density at radius 3 is 2.33 bits per heavy atom. The lowest BCUT2D eigenvalue weighted by Crippen LogP contribution is -2.60. The van der Waals surface area contributed by atoms with E-state index in [2.05, 4.69) is 35.5 Å². The van der Waals surface area contributed by atoms with Gasteiger partial charge in [-0.1, -0.05) is 41.9 Å². The molecule has 244 valence electrons. The lowest BCUT2D eigenvalue weighted by atomic mass is 9.50. The number of terminal acetylenes is 1. The number of benzene rings is 1. The number of allylic oxidation sites excluding steroid dienone is 4. The van der Waals surface area contributed by atoms with E-state index in [1.807, 2.05) is 6.92 Å². The lowest BCUT2D eigenvalue weighted by molar-refractivity contribution is -0.209. The van der Waals surface area contributed by atoms with E-state index in [9.17, 15) is 5.11 Å². The highest BCUT2D eigenvalue weighted by atomic mass is 19.3. The number of halogens is 2. The number of aliphatic hydroxyl groups is 1. The van der Waals surface area contributed by atoms with Gasteiger partial charge < -0.3 is 24.2 Å². The summed E-state index contributed by atoms with van der Waals surface area (Å²) in [7, 11) is 1.64. The molecule has 0 unspecified atom stereocenters. The van der Waals surface area contributed by atoms with E-state index in [4.69, 9.17) is 25.5 Å². The van der Waals surface area contributed by atoms with Crippen LogP contribution in [0, 0.1) is 29.6 Å². The van der Waals surface area contributed by atoms with Crippen LogP contribution in [0.3, 0.4) is 0 Å². The summed E-state index contributed by atoms with van der Waals surface area (Å²) < 4.78 is 46.6. The SMILES string of the molecule is C#CC(F)(F)[C@]1(O)CC[C@H]2[C@@H]3CCC4=CC(=NOCCOCCOCCOC)CCC4=C3[C@@H](c3ccc(C4CC4)cc3)C[C@@]21C. The number of ether oxygens (including phenoxy) is 3. The van der Waals surface area contributed by atoms with Crippen LogP contribution in [0.5, 0.6) is 0 Å². The van der Waals surface area contributed by atoms with Crippen LogP contribution in [0.15, 0.2) is 52.2 Å². The molecule has 1 aromatic carbocycles. The maximum atomic E-state index is 15.4. The molecular formula is C37H47F2NO5. The second-order valence-corrected chi connectivity index (χ2v) is 13.7. The molecule has 6 nitrogen and oxygen atoms in total. The van der Waals surface area contributed by atoms with Crippen LogP contribution in [0.4, 0.5) is 8.78 Å². The molecule has 3 fully saturated rings. The standard InChI is InChI=1S/C37H47F2NO5/c1-4-37(38,39)36(41)16-15-33-31-13-11-28-23-29(40-45-22-21-44-20-19-43-18-17-42-3)12-14-30(28)34(31)32(24-35(33,36)2)27-9-7-26(8-10-27)25-5-6-25/h1,7-10,23,25,31-33,41H,5-6,11-22,24H2,2-3H3/t31-,32+,33-,35-,36-/m0/s1. The molecule has 1 aromatic rings. The second kappa shape index (κ2) is 13.3. The topological polar surface area (TPSA) is 69.5 Å². The van der Waals surface area contributed by atoms with Gasteiger partial charge >= 0.3 is 5.92 Å². The number of hydrogen-bond acceptors (Lipinski definition) is 6. The predicted octanol–water partition coefficient (Wildman–Crippen LogP) is 6.95. The van der Waals surface area contributed by atoms with Crippen LogP contribution in [-0.4, -0.2) is 69.1 Å². The Labute approximate surface area is 266 Å². The van der Waals surface area contributed by atoms with E-state index in [0.29, 0.717) is 58.4 Å². The smallest absolute Gasteiger partial charge is 0.336 e. The van der Waals surface area contributed by atoms with Crippen LogP contribution in [0.2, 0.25) is 0 Å². The number of alkyl halides is 2. The highest BCUT2D eigenvalue weighted by molar-refractivity contribution is 5.97. The Hall–Kier alpha value is -2.57. The number of rotatable bonds is 13. The Bertz CT molecular complexity index is 1360. The van der Waals surface area contributed by atoms with Crippen molar-refractivity contribution in [2.75, 3.05) is 46.8 Å². The Kier molecular flexibility index (Phi) is 9.55. The predicted molar refractivity (Wildman–Crippen MR) is 169 cm³/mol. The lowest BCUT2D eigenvalue weighted by Gasteiger charge is -2.55. The fourth-order valence-electron chi connectivity index (χ4n) is 8.79. The third kappa shape index (κ3) is 6.14. The maximum Gasteiger partial charge on any atom is 0.336 e. The van der Waals surface area contributed by atoms with Crippen molar-refractivity contribution in [2.45, 2.75) is 88.1 Å². The molecule has 5 aliphatic rings. The molecule has 45 heavy (non-hydrogen) atoms. The first kappa shape index (κ1) is 32.4. The first-order valence-corrected chi connectivity index (χ1v) is 16.7. The van der Waals surface area contributed by atoms with Crippen molar-refractivity contribution in [2.24, 2.45) is 22.4 Å². The molecule has 0 heterocycles. The number of nitrogens with zero attached hydrogens (tertiary/aromatic N) is 1. The van der Waals surface area contributed by atoms with Crippen LogP contribution in [0.1, 0.15) is 87.7 Å². The number of oxime groups is 1. The molecule has 1 N–H and O–H groups in total. The van der Waals surface area contributed by atoms with Gasteiger partial charge in [0, 0.05) is 18.4 Å². The van der Waals surface area contributed by atoms with E-state index in [-0.39, 0.29) is 24.2 Å². The quantitative estimate of drug-likeness (QED) is 0.146. The minimum absolute atomic E-state index is 0.0270. The van der Waals surface area contributed by atoms with Gasteiger partial charge in [-0.05, 0) is 110 Å². The monoisotopic (exact) mass is 623 g/mol. The summed E-state index contributed by atoms with van der Waals surface area (Å²) in [5.41, 5.74) is 4.25. The van der Waals surface area contributed by atoms with Gasteiger partial charge in [0.05, 0.1) is 38.7 Å². The Morgan fingerprint density at radius 1 is 0.956 bits per heavy atom. The largest absolute Gasteiger partial charge is 0.393 e. The van der Waals surface area contributed by atoms with Crippen molar-refractivity contribution < 1.29 is 32.9 Å². The molecule has 8 heteroatoms. The molecule has 0 amide bonds. The zero-order chi connectivity index (χ0) is 31.7. The van der Waals surface area contributed by atoms with Crippen molar-refractivity contribution in [1.82, 2.24) is 0 Å². The van der Waals surface area contributed by atoms with Crippen LogP contribution < -0.4 is 0 Å². The van der Waals surface area contributed by atoms with Gasteiger partial charge in [-0.15, -0.1) is 6.42 Å². The molecule has 0 radical (unpaired) electrons. The second-order valence-electron chi connectivity index (χ2n) is 13.7. The van der Waals surface area contributed by atoms with Crippen LogP contribution in [0.25, 0.3) is 0 Å². The van der Waals surface area contributed by atoms with Gasteiger partial charge in [0.25, 0.3) is 0 Å². The summed E-state index contributed by atoms with van der Waals surface area (Å²) in [5, 5.41) is 16.2. The van der Waals surface area contributed by atoms with Crippen molar-refractivity contribution in [3.05, 3.63) is 58.2 Å². The van der Waals surface area contributed by atoms with Crippen molar-refractivity contribution in [1.29, 1.82) is 0 Å². The fourth-order valence-corrected chi connectivity index (χ4v) is 8.79. The first-order valence-electron chi connectivity index (χ1n) is 16.7. The molecule has 5 atom stereocenters. The minimum Gasteiger partial charge on any atom is -0.393 e. The summed E-state index contributed by atoms with van der Waals surface area (Å²) >= 11 is 0. The van der Waals surface area contributed by atoms with Gasteiger partial charge in [0.2, 0.25) is 0 Å². The maximum absolute atomic E-state index is 15.4. The third-order valence-corrected chi connectivity index (χ3v) is 11.3. The van der Waals surface area contributed by atoms with Gasteiger partial charge in [-0.25, -0.2) is 0 Å². The molecular weight excluding hydrogens is 576 g/mol. The molecule has 0 aliphatic heterocycles. The molecule has 0 bridgehead atoms. The van der Waals surface area contributed by atoms with E-state index in [1.54, 1.807) is 13.0 Å². The highest BCUT2D eigenvalue weighted by Gasteiger charge is 2.71. The fraction of sp³-hybridized carbons (Fsp3) is 0.649. The summed E-state index contributed by atoms with van der Waals surface area (Å²) in [6.45, 7) is 4.81. The molecule has 0 saturated heterocycles. The normalized spacial score (nSPS) is 32.0. The minimum atomic E-state index is -3.58. The average molecular weight is 624 g/mol. The van der Waals surface area contributed by atoms with Crippen molar-refractivity contribution in [3.63, 3.8) is 0 Å². The number of methoxy groups -OCH3 is 1. The van der Waals surface area contributed by atoms with Gasteiger partial charge in [0.15, 0.2) is 0 Å². The summed E-state index contributed by atoms with van der Waals surface area (Å²) in [6, 6.07) is 8.85. The van der Waals surface area contributed by atoms with E-state index < -0.39 is 16.9 Å². The Morgan fingerprint density at radius 2 is 1.64 bits per heavy atom. The molecule has 5 aliphatic carbocycles. The molecule has 3 saturated carbocycles. The zero-order valence-electron chi connectivity index (χ0n) is 26.7. The van der Waals surface area contributed by atoms with Crippen molar-refractivity contribution in [3.8, 4) is 12.3 Å². The summed E-state index contributed by atoms with van der Waals surface area (Å²) in [6.07, 6.45) is 14.4. The van der Waals surface area contributed by atoms with Gasteiger partial charge in [0.1, 0.15) is 12.2 Å². The zero-order valence-corrected chi connectivity index (χ0v) is 26.7. The molecule has 0 aromatic heterocycles. The van der Waals surface area contributed by atoms with Crippen LogP contribution in [-0.2, 0) is 19.0 Å². The number of hydrogen-bond donors (Lipinski definition) is 1. The highest BCUT2D eigenvalue weighted by Crippen LogP contribution is 2.69. The average Bonchev–Trinajstić information content (AvgIpc) is 3.86. The van der Waals surface area contributed by atoms with Crippen molar-refractivity contribution >= 4 is 5.71 Å². The van der Waals surface area contributed by atoms with E-state index in [1.165, 1.54) is 35.1 Å². The van der Waals surface area contributed by atoms with Crippen LogP contribution >= 0.6 is 0 Å². The first-order chi connectivity index (χ1) is 21.7.